The van der Waals surface area contributed by atoms with Gasteiger partial charge in [-0.1, -0.05) is 11.2 Å². The topological polar surface area (TPSA) is 80.7 Å². The fourth-order valence-electron chi connectivity index (χ4n) is 1.59. The second-order valence-corrected chi connectivity index (χ2v) is 3.63. The van der Waals surface area contributed by atoms with Crippen molar-refractivity contribution in [1.82, 2.24) is 15.1 Å². The lowest BCUT2D eigenvalue weighted by Gasteiger charge is -1.94. The molecule has 0 amide bonds. The van der Waals surface area contributed by atoms with Crippen LogP contribution in [0.1, 0.15) is 0 Å². The summed E-state index contributed by atoms with van der Waals surface area (Å²) in [4.78, 5) is 7.32. The van der Waals surface area contributed by atoms with Crippen molar-refractivity contribution in [3.63, 3.8) is 0 Å². The minimum atomic E-state index is 0.460. The summed E-state index contributed by atoms with van der Waals surface area (Å²) in [6.45, 7) is 0. The van der Waals surface area contributed by atoms with E-state index in [1.54, 1.807) is 6.07 Å². The summed E-state index contributed by atoms with van der Waals surface area (Å²) >= 11 is 0. The standard InChI is InChI=1S/C12H10N4O/c13-9-4-1-3-8(7-9)12-15-11(16-17-12)10-5-2-6-14-10/h1-7,14H,13H2. The third-order valence-corrected chi connectivity index (χ3v) is 2.40. The van der Waals surface area contributed by atoms with Crippen molar-refractivity contribution in [2.75, 3.05) is 5.73 Å². The highest BCUT2D eigenvalue weighted by Crippen LogP contribution is 2.22. The Hall–Kier alpha value is -2.56. The second kappa shape index (κ2) is 3.79. The summed E-state index contributed by atoms with van der Waals surface area (Å²) in [5.41, 5.74) is 8.01. The van der Waals surface area contributed by atoms with Gasteiger partial charge in [-0.3, -0.25) is 0 Å². The summed E-state index contributed by atoms with van der Waals surface area (Å²) < 4.78 is 5.19. The minimum Gasteiger partial charge on any atom is -0.399 e. The molecule has 2 heterocycles. The number of nitrogen functional groups attached to an aromatic ring is 1. The van der Waals surface area contributed by atoms with E-state index in [4.69, 9.17) is 10.3 Å². The minimum absolute atomic E-state index is 0.460. The zero-order valence-corrected chi connectivity index (χ0v) is 8.92. The Kier molecular flexibility index (Phi) is 2.15. The number of nitrogens with zero attached hydrogens (tertiary/aromatic N) is 2. The Morgan fingerprint density at radius 3 is 2.88 bits per heavy atom. The van der Waals surface area contributed by atoms with E-state index >= 15 is 0 Å². The predicted molar refractivity (Wildman–Crippen MR) is 63.9 cm³/mol. The lowest BCUT2D eigenvalue weighted by atomic mass is 10.2. The van der Waals surface area contributed by atoms with E-state index in [2.05, 4.69) is 15.1 Å². The molecule has 3 aromatic rings. The highest BCUT2D eigenvalue weighted by molar-refractivity contribution is 5.61. The first kappa shape index (κ1) is 9.65. The van der Waals surface area contributed by atoms with E-state index in [9.17, 15) is 0 Å². The number of hydrogen-bond acceptors (Lipinski definition) is 4. The molecule has 0 unspecified atom stereocenters. The van der Waals surface area contributed by atoms with Gasteiger partial charge in [0.1, 0.15) is 0 Å². The van der Waals surface area contributed by atoms with Crippen LogP contribution in [0.4, 0.5) is 5.69 Å². The molecule has 1 aromatic carbocycles. The number of hydrogen-bond donors (Lipinski definition) is 2. The van der Waals surface area contributed by atoms with Gasteiger partial charge < -0.3 is 15.2 Å². The smallest absolute Gasteiger partial charge is 0.258 e. The number of benzene rings is 1. The number of H-pyrrole nitrogens is 1. The van der Waals surface area contributed by atoms with Crippen molar-refractivity contribution in [3.8, 4) is 23.0 Å². The summed E-state index contributed by atoms with van der Waals surface area (Å²) in [6.07, 6.45) is 1.81. The van der Waals surface area contributed by atoms with Gasteiger partial charge in [0.2, 0.25) is 5.82 Å². The molecule has 0 spiro atoms. The molecule has 0 radical (unpaired) electrons. The Balaban J connectivity index is 2.01. The van der Waals surface area contributed by atoms with Crippen molar-refractivity contribution in [3.05, 3.63) is 42.6 Å². The summed E-state index contributed by atoms with van der Waals surface area (Å²) in [6, 6.07) is 11.1. The number of rotatable bonds is 2. The molecule has 0 aliphatic carbocycles. The monoisotopic (exact) mass is 226 g/mol. The van der Waals surface area contributed by atoms with Crippen LogP contribution in [0.2, 0.25) is 0 Å². The molecule has 0 fully saturated rings. The van der Waals surface area contributed by atoms with E-state index < -0.39 is 0 Å². The van der Waals surface area contributed by atoms with Gasteiger partial charge in [-0.15, -0.1) is 0 Å². The number of aromatic nitrogens is 3. The molecule has 3 N–H and O–H groups in total. The van der Waals surface area contributed by atoms with Crippen LogP contribution in [-0.4, -0.2) is 15.1 Å². The van der Waals surface area contributed by atoms with Crippen LogP contribution in [0.5, 0.6) is 0 Å². The number of anilines is 1. The molecule has 0 saturated carbocycles. The number of nitrogens with one attached hydrogen (secondary N) is 1. The average Bonchev–Trinajstić information content (AvgIpc) is 3.00. The van der Waals surface area contributed by atoms with Gasteiger partial charge in [0, 0.05) is 17.4 Å². The van der Waals surface area contributed by atoms with Gasteiger partial charge in [-0.2, -0.15) is 4.98 Å². The van der Waals surface area contributed by atoms with E-state index in [-0.39, 0.29) is 0 Å². The van der Waals surface area contributed by atoms with Gasteiger partial charge in [-0.25, -0.2) is 0 Å². The van der Waals surface area contributed by atoms with Gasteiger partial charge in [-0.05, 0) is 30.3 Å². The fraction of sp³-hybridized carbons (Fsp3) is 0. The van der Waals surface area contributed by atoms with E-state index in [0.717, 1.165) is 11.3 Å². The van der Waals surface area contributed by atoms with E-state index in [1.165, 1.54) is 0 Å². The van der Waals surface area contributed by atoms with Crippen molar-refractivity contribution in [1.29, 1.82) is 0 Å². The predicted octanol–water partition coefficient (Wildman–Crippen LogP) is 2.31. The Morgan fingerprint density at radius 2 is 2.12 bits per heavy atom. The first-order valence-electron chi connectivity index (χ1n) is 5.16. The number of nitrogens with two attached hydrogens (primary N) is 1. The van der Waals surface area contributed by atoms with Gasteiger partial charge in [0.15, 0.2) is 0 Å². The molecule has 84 valence electrons. The molecule has 17 heavy (non-hydrogen) atoms. The number of aromatic amines is 1. The molecular weight excluding hydrogens is 216 g/mol. The van der Waals surface area contributed by atoms with Crippen LogP contribution in [0, 0.1) is 0 Å². The van der Waals surface area contributed by atoms with E-state index in [1.807, 2.05) is 36.5 Å². The molecule has 3 rings (SSSR count). The summed E-state index contributed by atoms with van der Waals surface area (Å²) in [5.74, 6) is 0.995. The quantitative estimate of drug-likeness (QED) is 0.657. The molecule has 2 aromatic heterocycles. The van der Waals surface area contributed by atoms with Crippen LogP contribution in [0.15, 0.2) is 47.1 Å². The normalized spacial score (nSPS) is 10.6. The SMILES string of the molecule is Nc1cccc(-c2nc(-c3ccc[nH]3)no2)c1. The van der Waals surface area contributed by atoms with Crippen LogP contribution in [-0.2, 0) is 0 Å². The molecular formula is C12H10N4O. The molecule has 5 nitrogen and oxygen atoms in total. The van der Waals surface area contributed by atoms with Gasteiger partial charge in [0.25, 0.3) is 5.89 Å². The average molecular weight is 226 g/mol. The van der Waals surface area contributed by atoms with Crippen LogP contribution in [0.25, 0.3) is 23.0 Å². The molecule has 0 aliphatic heterocycles. The highest BCUT2D eigenvalue weighted by atomic mass is 16.5. The second-order valence-electron chi connectivity index (χ2n) is 3.63. The third-order valence-electron chi connectivity index (χ3n) is 2.40. The van der Waals surface area contributed by atoms with Crippen LogP contribution >= 0.6 is 0 Å². The largest absolute Gasteiger partial charge is 0.399 e. The Labute approximate surface area is 97.3 Å². The first-order valence-corrected chi connectivity index (χ1v) is 5.16. The summed E-state index contributed by atoms with van der Waals surface area (Å²) in [7, 11) is 0. The van der Waals surface area contributed by atoms with Crippen LogP contribution < -0.4 is 5.73 Å². The molecule has 0 aliphatic rings. The first-order chi connectivity index (χ1) is 8.33. The lowest BCUT2D eigenvalue weighted by Crippen LogP contribution is -1.85. The van der Waals surface area contributed by atoms with Crippen molar-refractivity contribution in [2.24, 2.45) is 0 Å². The molecule has 0 atom stereocenters. The van der Waals surface area contributed by atoms with Crippen LogP contribution in [0.3, 0.4) is 0 Å². The summed E-state index contributed by atoms with van der Waals surface area (Å²) in [5, 5.41) is 3.91. The Morgan fingerprint density at radius 1 is 1.18 bits per heavy atom. The maximum absolute atomic E-state index is 5.70. The maximum atomic E-state index is 5.70. The zero-order chi connectivity index (χ0) is 11.7. The lowest BCUT2D eigenvalue weighted by molar-refractivity contribution is 0.432. The zero-order valence-electron chi connectivity index (χ0n) is 8.92. The van der Waals surface area contributed by atoms with Crippen molar-refractivity contribution in [2.45, 2.75) is 0 Å². The Bertz CT molecular complexity index is 628. The van der Waals surface area contributed by atoms with Gasteiger partial charge in [0.05, 0.1) is 5.69 Å². The molecule has 0 saturated heterocycles. The third kappa shape index (κ3) is 1.78. The van der Waals surface area contributed by atoms with Gasteiger partial charge >= 0.3 is 0 Å². The molecule has 0 bridgehead atoms. The molecule has 5 heteroatoms. The maximum Gasteiger partial charge on any atom is 0.258 e. The van der Waals surface area contributed by atoms with Crippen molar-refractivity contribution >= 4 is 5.69 Å². The highest BCUT2D eigenvalue weighted by Gasteiger charge is 2.10. The van der Waals surface area contributed by atoms with E-state index in [0.29, 0.717) is 17.4 Å². The van der Waals surface area contributed by atoms with Crippen molar-refractivity contribution < 1.29 is 4.52 Å². The fourth-order valence-corrected chi connectivity index (χ4v) is 1.59.